The topological polar surface area (TPSA) is 169 Å². The number of alkyl carbamates (subject to hydrolysis) is 1. The maximum Gasteiger partial charge on any atom is 0.407 e. The lowest BCUT2D eigenvalue weighted by atomic mass is 9.39. The van der Waals surface area contributed by atoms with Crippen molar-refractivity contribution in [1.29, 1.82) is 5.26 Å². The van der Waals surface area contributed by atoms with Crippen LogP contribution in [0.15, 0.2) is 30.5 Å². The maximum absolute atomic E-state index is 14.0. The number of carbonyl (C=O) groups excluding carboxylic acids is 2. The number of benzene rings is 1. The zero-order valence-electron chi connectivity index (χ0n) is 35.5. The summed E-state index contributed by atoms with van der Waals surface area (Å²) >= 11 is 0. The lowest BCUT2D eigenvalue weighted by molar-refractivity contribution is -0.247. The van der Waals surface area contributed by atoms with E-state index in [4.69, 9.17) is 24.3 Å². The van der Waals surface area contributed by atoms with Gasteiger partial charge < -0.3 is 29.5 Å². The van der Waals surface area contributed by atoms with Gasteiger partial charge >= 0.3 is 18.0 Å². The Hall–Kier alpha value is -4.96. The molecule has 1 aromatic carbocycles. The molecular weight excluding hydrogens is 737 g/mol. The normalized spacial score (nSPS) is 26.2. The van der Waals surface area contributed by atoms with Gasteiger partial charge in [-0.05, 0) is 145 Å². The van der Waals surface area contributed by atoms with Gasteiger partial charge in [0.05, 0.1) is 35.6 Å². The number of carboxylic acid groups (broad SMARTS) is 1. The number of pyridine rings is 1. The van der Waals surface area contributed by atoms with Crippen LogP contribution in [0.1, 0.15) is 137 Å². The number of anilines is 1. The third-order valence-corrected chi connectivity index (χ3v) is 12.3. The van der Waals surface area contributed by atoms with Gasteiger partial charge in [0.2, 0.25) is 0 Å². The second kappa shape index (κ2) is 14.4. The Kier molecular flexibility index (Phi) is 10.2. The summed E-state index contributed by atoms with van der Waals surface area (Å²) in [7, 11) is 0. The van der Waals surface area contributed by atoms with Crippen LogP contribution >= 0.6 is 0 Å². The molecule has 1 amide bonds. The number of hydrogen-bond acceptors (Lipinski definition) is 10. The molecule has 5 aliphatic rings. The fourth-order valence-corrected chi connectivity index (χ4v) is 11.6. The Morgan fingerprint density at radius 1 is 0.914 bits per heavy atom. The highest BCUT2D eigenvalue weighted by Crippen LogP contribution is 2.72. The SMILES string of the molecule is Cc1c(-c2ccc(N3CCc4c(C#N)ccc(C(=O)O)c4C3)nc2C(=O)OC(C)(C)C)cnn1CC12CC3(C)CC(C)(C1)CC(OCCNC(=O)OC(C)(C)C)(C3)C2. The van der Waals surface area contributed by atoms with E-state index >= 15 is 0 Å². The molecule has 2 N–H and O–H groups in total. The van der Waals surface area contributed by atoms with Crippen LogP contribution in [0.25, 0.3) is 11.1 Å². The van der Waals surface area contributed by atoms with Gasteiger partial charge in [0.25, 0.3) is 0 Å². The maximum atomic E-state index is 14.0. The lowest BCUT2D eigenvalue weighted by Crippen LogP contribution is -2.64. The van der Waals surface area contributed by atoms with Crippen LogP contribution in [0.2, 0.25) is 0 Å². The number of ether oxygens (including phenoxy) is 3. The summed E-state index contributed by atoms with van der Waals surface area (Å²) in [5.74, 6) is -1.10. The van der Waals surface area contributed by atoms with Crippen LogP contribution in [-0.4, -0.2) is 74.4 Å². The minimum atomic E-state index is -1.06. The first kappa shape index (κ1) is 41.2. The quantitative estimate of drug-likeness (QED) is 0.151. The smallest absolute Gasteiger partial charge is 0.407 e. The number of amides is 1. The van der Waals surface area contributed by atoms with E-state index < -0.39 is 29.2 Å². The molecule has 1 aliphatic heterocycles. The van der Waals surface area contributed by atoms with Gasteiger partial charge in [0, 0.05) is 43.0 Å². The van der Waals surface area contributed by atoms with Crippen molar-refractivity contribution in [2.24, 2.45) is 16.2 Å². The molecule has 2 unspecified atom stereocenters. The first-order valence-corrected chi connectivity index (χ1v) is 20.4. The lowest BCUT2D eigenvalue weighted by Gasteiger charge is -2.69. The number of hydrogen-bond donors (Lipinski definition) is 2. The Bertz CT molecular complexity index is 2170. The fraction of sp³-hybridized carbons (Fsp3) is 0.600. The molecule has 0 radical (unpaired) electrons. The van der Waals surface area contributed by atoms with Crippen LogP contribution in [0.4, 0.5) is 10.6 Å². The van der Waals surface area contributed by atoms with E-state index in [1.807, 2.05) is 71.7 Å². The van der Waals surface area contributed by atoms with Gasteiger partial charge in [-0.15, -0.1) is 0 Å². The number of carbonyl (C=O) groups is 3. The summed E-state index contributed by atoms with van der Waals surface area (Å²) in [6.07, 6.45) is 8.03. The molecule has 0 spiro atoms. The number of nitriles is 1. The molecule has 310 valence electrons. The molecule has 4 bridgehead atoms. The number of carboxylic acids is 1. The van der Waals surface area contributed by atoms with Gasteiger partial charge in [-0.3, -0.25) is 4.68 Å². The highest BCUT2D eigenvalue weighted by Gasteiger charge is 2.66. The summed E-state index contributed by atoms with van der Waals surface area (Å²) in [4.78, 5) is 45.3. The standard InChI is InChI=1S/C45H58N6O7/c1-28-33(19-48-51(28)27-44-22-42(8)21-43(9,23-44)25-45(24-42,26-44)56-17-15-47-39(55)58-41(5,6)7)31-12-13-35(49-36(31)38(54)57-40(2,3)4)50-16-14-30-29(18-46)10-11-32(37(52)53)34(30)20-50/h10-13,19H,14-17,20-27H2,1-9H3,(H,47,55)(H,52,53). The van der Waals surface area contributed by atoms with Crippen LogP contribution < -0.4 is 10.2 Å². The van der Waals surface area contributed by atoms with Crippen LogP contribution in [-0.2, 0) is 33.7 Å². The van der Waals surface area contributed by atoms with Gasteiger partial charge in [-0.1, -0.05) is 13.8 Å². The Morgan fingerprint density at radius 3 is 2.24 bits per heavy atom. The number of nitrogens with one attached hydrogen (secondary N) is 1. The predicted molar refractivity (Wildman–Crippen MR) is 218 cm³/mol. The van der Waals surface area contributed by atoms with Crippen molar-refractivity contribution in [2.45, 2.75) is 137 Å². The van der Waals surface area contributed by atoms with Crippen molar-refractivity contribution in [1.82, 2.24) is 20.1 Å². The van der Waals surface area contributed by atoms with Crippen molar-refractivity contribution >= 4 is 23.8 Å². The Balaban J connectivity index is 1.16. The van der Waals surface area contributed by atoms with E-state index in [1.165, 1.54) is 6.07 Å². The summed E-state index contributed by atoms with van der Waals surface area (Å²) in [6.45, 7) is 20.1. The summed E-state index contributed by atoms with van der Waals surface area (Å²) < 4.78 is 20.2. The first-order chi connectivity index (χ1) is 27.0. The van der Waals surface area contributed by atoms with Crippen molar-refractivity contribution in [3.8, 4) is 17.2 Å². The van der Waals surface area contributed by atoms with Crippen molar-refractivity contribution in [3.63, 3.8) is 0 Å². The predicted octanol–water partition coefficient (Wildman–Crippen LogP) is 8.00. The molecule has 4 saturated carbocycles. The van der Waals surface area contributed by atoms with Crippen molar-refractivity contribution in [2.75, 3.05) is 24.6 Å². The zero-order valence-corrected chi connectivity index (χ0v) is 35.5. The molecule has 0 saturated heterocycles. The molecule has 3 aromatic rings. The molecule has 2 aromatic heterocycles. The highest BCUT2D eigenvalue weighted by atomic mass is 16.6. The molecule has 13 nitrogen and oxygen atoms in total. The molecule has 3 heterocycles. The van der Waals surface area contributed by atoms with E-state index in [1.54, 1.807) is 6.07 Å². The summed E-state index contributed by atoms with van der Waals surface area (Å²) in [5.41, 5.74) is 2.97. The van der Waals surface area contributed by atoms with Crippen molar-refractivity contribution < 1.29 is 33.7 Å². The molecule has 2 atom stereocenters. The minimum absolute atomic E-state index is 0.0498. The third-order valence-electron chi connectivity index (χ3n) is 12.3. The molecule has 8 rings (SSSR count). The minimum Gasteiger partial charge on any atom is -0.478 e. The van der Waals surface area contributed by atoms with E-state index in [0.29, 0.717) is 55.2 Å². The average Bonchev–Trinajstić information content (AvgIpc) is 3.44. The first-order valence-electron chi connectivity index (χ1n) is 20.4. The number of nitrogens with zero attached hydrogens (tertiary/aromatic N) is 5. The van der Waals surface area contributed by atoms with E-state index in [2.05, 4.69) is 29.9 Å². The zero-order chi connectivity index (χ0) is 42.1. The van der Waals surface area contributed by atoms with Gasteiger partial charge in [-0.25, -0.2) is 19.4 Å². The average molecular weight is 795 g/mol. The largest absolute Gasteiger partial charge is 0.478 e. The van der Waals surface area contributed by atoms with E-state index in [0.717, 1.165) is 55.3 Å². The molecule has 58 heavy (non-hydrogen) atoms. The summed E-state index contributed by atoms with van der Waals surface area (Å²) in [6, 6.07) is 9.00. The van der Waals surface area contributed by atoms with Gasteiger partial charge in [0.15, 0.2) is 5.69 Å². The molecule has 13 heteroatoms. The number of aromatic carboxylic acids is 1. The number of esters is 1. The number of aromatic nitrogens is 3. The Morgan fingerprint density at radius 2 is 1.60 bits per heavy atom. The molecule has 4 aliphatic carbocycles. The van der Waals surface area contributed by atoms with E-state index in [9.17, 15) is 24.8 Å². The second-order valence-electron chi connectivity index (χ2n) is 20.2. The highest BCUT2D eigenvalue weighted by molar-refractivity contribution is 5.96. The molecule has 4 fully saturated rings. The fourth-order valence-electron chi connectivity index (χ4n) is 11.6. The van der Waals surface area contributed by atoms with Crippen LogP contribution in [0.5, 0.6) is 0 Å². The Labute approximate surface area is 341 Å². The summed E-state index contributed by atoms with van der Waals surface area (Å²) in [5, 5.41) is 27.5. The number of rotatable bonds is 10. The van der Waals surface area contributed by atoms with Crippen LogP contribution in [0.3, 0.4) is 0 Å². The molecular formula is C45H58N6O7. The van der Waals surface area contributed by atoms with Crippen LogP contribution in [0, 0.1) is 34.5 Å². The van der Waals surface area contributed by atoms with E-state index in [-0.39, 0.29) is 39.6 Å². The van der Waals surface area contributed by atoms with Gasteiger partial charge in [0.1, 0.15) is 17.0 Å². The third kappa shape index (κ3) is 8.31. The monoisotopic (exact) mass is 794 g/mol. The van der Waals surface area contributed by atoms with Gasteiger partial charge in [-0.2, -0.15) is 10.4 Å². The van der Waals surface area contributed by atoms with Crippen molar-refractivity contribution in [3.05, 3.63) is 64.1 Å². The number of fused-ring (bicyclic) bond motifs is 1. The second-order valence-corrected chi connectivity index (χ2v) is 20.2.